The molecular weight excluding hydrogens is 224 g/mol. The van der Waals surface area contributed by atoms with Crippen LogP contribution in [0.25, 0.3) is 0 Å². The highest BCUT2D eigenvalue weighted by molar-refractivity contribution is 5.55. The molecule has 0 saturated carbocycles. The number of nitrogens with one attached hydrogen (secondary N) is 2. The summed E-state index contributed by atoms with van der Waals surface area (Å²) in [7, 11) is 1.73. The van der Waals surface area contributed by atoms with Crippen molar-refractivity contribution in [2.75, 3.05) is 32.1 Å². The number of rotatable bonds is 5. The first kappa shape index (κ1) is 13.2. The molecule has 1 aliphatic rings. The largest absolute Gasteiger partial charge is 0.496 e. The summed E-state index contributed by atoms with van der Waals surface area (Å²) in [5, 5.41) is 6.93. The minimum atomic E-state index is 0.845. The summed E-state index contributed by atoms with van der Waals surface area (Å²) >= 11 is 0. The smallest absolute Gasteiger partial charge is 0.124 e. The zero-order chi connectivity index (χ0) is 13.0. The summed E-state index contributed by atoms with van der Waals surface area (Å²) in [6.45, 7) is 7.61. The fraction of sp³-hybridized carbons (Fsp3) is 0.600. The van der Waals surface area contributed by atoms with E-state index in [9.17, 15) is 0 Å². The highest BCUT2D eigenvalue weighted by Crippen LogP contribution is 2.26. The van der Waals surface area contributed by atoms with E-state index in [1.165, 1.54) is 42.7 Å². The van der Waals surface area contributed by atoms with Gasteiger partial charge in [-0.2, -0.15) is 0 Å². The average Bonchev–Trinajstić information content (AvgIpc) is 2.82. The molecule has 2 rings (SSSR count). The first-order valence-corrected chi connectivity index (χ1v) is 6.80. The van der Waals surface area contributed by atoms with Gasteiger partial charge in [-0.25, -0.2) is 0 Å². The summed E-state index contributed by atoms with van der Waals surface area (Å²) in [5.74, 6) is 1.85. The molecule has 1 heterocycles. The number of ether oxygens (including phenoxy) is 1. The van der Waals surface area contributed by atoms with Gasteiger partial charge in [-0.3, -0.25) is 0 Å². The molecular formula is C15H24N2O. The fourth-order valence-electron chi connectivity index (χ4n) is 2.76. The molecule has 0 aliphatic carbocycles. The molecule has 0 radical (unpaired) electrons. The predicted molar refractivity (Wildman–Crippen MR) is 76.6 cm³/mol. The van der Waals surface area contributed by atoms with Crippen LogP contribution in [0.4, 0.5) is 5.69 Å². The van der Waals surface area contributed by atoms with Crippen molar-refractivity contribution in [1.82, 2.24) is 5.32 Å². The number of anilines is 1. The van der Waals surface area contributed by atoms with Crippen molar-refractivity contribution in [2.24, 2.45) is 5.92 Å². The molecule has 1 saturated heterocycles. The molecule has 3 heteroatoms. The number of aryl methyl sites for hydroxylation is 2. The molecule has 100 valence electrons. The lowest BCUT2D eigenvalue weighted by Crippen LogP contribution is -2.12. The van der Waals surface area contributed by atoms with Crippen LogP contribution in [-0.4, -0.2) is 26.7 Å². The lowest BCUT2D eigenvalue weighted by molar-refractivity contribution is 0.408. The van der Waals surface area contributed by atoms with Crippen molar-refractivity contribution in [3.05, 3.63) is 23.3 Å². The van der Waals surface area contributed by atoms with E-state index in [1.54, 1.807) is 7.11 Å². The second-order valence-electron chi connectivity index (χ2n) is 5.22. The van der Waals surface area contributed by atoms with Crippen molar-refractivity contribution in [1.29, 1.82) is 0 Å². The molecule has 0 aromatic heterocycles. The summed E-state index contributed by atoms with van der Waals surface area (Å²) in [6.07, 6.45) is 2.57. The molecule has 0 spiro atoms. The van der Waals surface area contributed by atoms with Gasteiger partial charge in [0.05, 0.1) is 7.11 Å². The Morgan fingerprint density at radius 2 is 2.06 bits per heavy atom. The molecule has 1 fully saturated rings. The van der Waals surface area contributed by atoms with E-state index in [4.69, 9.17) is 4.74 Å². The van der Waals surface area contributed by atoms with Gasteiger partial charge in [-0.05, 0) is 69.0 Å². The standard InChI is InChI=1S/C15H24N2O/c1-11-8-14(9-12(2)15(11)18-3)17-7-5-13-4-6-16-10-13/h8-9,13,16-17H,4-7,10H2,1-3H3. The van der Waals surface area contributed by atoms with Gasteiger partial charge < -0.3 is 15.4 Å². The Hall–Kier alpha value is -1.22. The van der Waals surface area contributed by atoms with Crippen molar-refractivity contribution in [2.45, 2.75) is 26.7 Å². The maximum absolute atomic E-state index is 5.38. The Kier molecular flexibility index (Phi) is 4.48. The van der Waals surface area contributed by atoms with E-state index in [-0.39, 0.29) is 0 Å². The van der Waals surface area contributed by atoms with Crippen LogP contribution in [0.5, 0.6) is 5.75 Å². The van der Waals surface area contributed by atoms with E-state index in [0.717, 1.165) is 18.2 Å². The number of hydrogen-bond acceptors (Lipinski definition) is 3. The Balaban J connectivity index is 1.89. The fourth-order valence-corrected chi connectivity index (χ4v) is 2.76. The molecule has 1 aromatic rings. The minimum absolute atomic E-state index is 0.845. The molecule has 0 amide bonds. The van der Waals surface area contributed by atoms with E-state index >= 15 is 0 Å². The summed E-state index contributed by atoms with van der Waals surface area (Å²) in [6, 6.07) is 4.33. The van der Waals surface area contributed by atoms with Gasteiger partial charge in [-0.15, -0.1) is 0 Å². The maximum atomic E-state index is 5.38. The van der Waals surface area contributed by atoms with Crippen LogP contribution >= 0.6 is 0 Å². The lowest BCUT2D eigenvalue weighted by atomic mass is 10.0. The number of methoxy groups -OCH3 is 1. The SMILES string of the molecule is COc1c(C)cc(NCCC2CCNC2)cc1C. The predicted octanol–water partition coefficient (Wildman–Crippen LogP) is 2.72. The van der Waals surface area contributed by atoms with Crippen molar-refractivity contribution >= 4 is 5.69 Å². The van der Waals surface area contributed by atoms with Crippen LogP contribution in [0.2, 0.25) is 0 Å². The van der Waals surface area contributed by atoms with Gasteiger partial charge >= 0.3 is 0 Å². The monoisotopic (exact) mass is 248 g/mol. The van der Waals surface area contributed by atoms with Gasteiger partial charge in [0, 0.05) is 12.2 Å². The molecule has 0 bridgehead atoms. The Morgan fingerprint density at radius 1 is 1.33 bits per heavy atom. The normalized spacial score (nSPS) is 18.9. The lowest BCUT2D eigenvalue weighted by Gasteiger charge is -2.14. The first-order valence-electron chi connectivity index (χ1n) is 6.80. The van der Waals surface area contributed by atoms with Gasteiger partial charge in [-0.1, -0.05) is 0 Å². The van der Waals surface area contributed by atoms with Gasteiger partial charge in [0.2, 0.25) is 0 Å². The van der Waals surface area contributed by atoms with E-state index < -0.39 is 0 Å². The van der Waals surface area contributed by atoms with Gasteiger partial charge in [0.25, 0.3) is 0 Å². The molecule has 1 unspecified atom stereocenters. The quantitative estimate of drug-likeness (QED) is 0.840. The number of benzene rings is 1. The van der Waals surface area contributed by atoms with Crippen LogP contribution < -0.4 is 15.4 Å². The minimum Gasteiger partial charge on any atom is -0.496 e. The third kappa shape index (κ3) is 3.16. The zero-order valence-corrected chi connectivity index (χ0v) is 11.7. The highest BCUT2D eigenvalue weighted by atomic mass is 16.5. The topological polar surface area (TPSA) is 33.3 Å². The van der Waals surface area contributed by atoms with Gasteiger partial charge in [0.1, 0.15) is 5.75 Å². The summed E-state index contributed by atoms with van der Waals surface area (Å²) in [4.78, 5) is 0. The average molecular weight is 248 g/mol. The second kappa shape index (κ2) is 6.10. The molecule has 1 aromatic carbocycles. The first-order chi connectivity index (χ1) is 8.70. The van der Waals surface area contributed by atoms with Crippen molar-refractivity contribution in [3.8, 4) is 5.75 Å². The van der Waals surface area contributed by atoms with Crippen LogP contribution in [-0.2, 0) is 0 Å². The summed E-state index contributed by atoms with van der Waals surface area (Å²) in [5.41, 5.74) is 3.60. The highest BCUT2D eigenvalue weighted by Gasteiger charge is 2.13. The van der Waals surface area contributed by atoms with Crippen LogP contribution in [0.3, 0.4) is 0 Å². The summed E-state index contributed by atoms with van der Waals surface area (Å²) < 4.78 is 5.38. The Morgan fingerprint density at radius 3 is 2.61 bits per heavy atom. The molecule has 1 atom stereocenters. The Bertz CT molecular complexity index is 374. The van der Waals surface area contributed by atoms with Crippen LogP contribution in [0.15, 0.2) is 12.1 Å². The number of hydrogen-bond donors (Lipinski definition) is 2. The third-order valence-electron chi connectivity index (χ3n) is 3.71. The molecule has 1 aliphatic heterocycles. The van der Waals surface area contributed by atoms with Crippen molar-refractivity contribution < 1.29 is 4.74 Å². The third-order valence-corrected chi connectivity index (χ3v) is 3.71. The molecule has 3 nitrogen and oxygen atoms in total. The van der Waals surface area contributed by atoms with Crippen molar-refractivity contribution in [3.63, 3.8) is 0 Å². The Labute approximate surface area is 110 Å². The van der Waals surface area contributed by atoms with Crippen LogP contribution in [0, 0.1) is 19.8 Å². The van der Waals surface area contributed by atoms with Crippen LogP contribution in [0.1, 0.15) is 24.0 Å². The van der Waals surface area contributed by atoms with Gasteiger partial charge in [0.15, 0.2) is 0 Å². The maximum Gasteiger partial charge on any atom is 0.124 e. The second-order valence-corrected chi connectivity index (χ2v) is 5.22. The van der Waals surface area contributed by atoms with E-state index in [0.29, 0.717) is 0 Å². The molecule has 18 heavy (non-hydrogen) atoms. The van der Waals surface area contributed by atoms with E-state index in [1.807, 2.05) is 0 Å². The zero-order valence-electron chi connectivity index (χ0n) is 11.7. The van der Waals surface area contributed by atoms with E-state index in [2.05, 4.69) is 36.6 Å². The molecule has 2 N–H and O–H groups in total.